The number of hydrogen-bond acceptors (Lipinski definition) is 2. The Bertz CT molecular complexity index is 396. The van der Waals surface area contributed by atoms with Crippen molar-refractivity contribution in [3.05, 3.63) is 35.4 Å². The molecule has 2 heteroatoms. The molecule has 2 N–H and O–H groups in total. The van der Waals surface area contributed by atoms with Crippen LogP contribution in [0.3, 0.4) is 0 Å². The Morgan fingerprint density at radius 1 is 1.38 bits per heavy atom. The third-order valence-electron chi connectivity index (χ3n) is 3.12. The van der Waals surface area contributed by atoms with E-state index in [0.29, 0.717) is 0 Å². The van der Waals surface area contributed by atoms with Crippen LogP contribution in [0.5, 0.6) is 5.75 Å². The lowest BCUT2D eigenvalue weighted by molar-refractivity contribution is 0.414. The fourth-order valence-corrected chi connectivity index (χ4v) is 2.24. The molecule has 0 saturated carbocycles. The molecule has 0 heterocycles. The average Bonchev–Trinajstić information content (AvgIpc) is 2.35. The van der Waals surface area contributed by atoms with Crippen LogP contribution in [0, 0.1) is 0 Å². The molecule has 0 atom stereocenters. The first-order valence-electron chi connectivity index (χ1n) is 5.91. The van der Waals surface area contributed by atoms with Gasteiger partial charge in [0, 0.05) is 0 Å². The quantitative estimate of drug-likeness (QED) is 0.841. The molecule has 0 bridgehead atoms. The number of nitrogens with two attached hydrogens (primary N) is 1. The van der Waals surface area contributed by atoms with Gasteiger partial charge in [0.15, 0.2) is 0 Å². The van der Waals surface area contributed by atoms with Crippen LogP contribution >= 0.6 is 0 Å². The van der Waals surface area contributed by atoms with Crippen LogP contribution in [-0.2, 0) is 6.42 Å². The van der Waals surface area contributed by atoms with E-state index in [1.807, 2.05) is 6.07 Å². The minimum absolute atomic E-state index is 0.761. The SMILES string of the molecule is COc1ccc2c(c1)C(CCCN)=CCC2. The molecule has 0 aliphatic heterocycles. The van der Waals surface area contributed by atoms with Crippen LogP contribution < -0.4 is 10.5 Å². The standard InChI is InChI=1S/C14H19NO/c1-16-13-8-7-12-5-2-4-11(6-3-9-15)14(12)10-13/h4,7-8,10H,2-3,5-6,9,15H2,1H3. The molecule has 0 aromatic heterocycles. The van der Waals surface area contributed by atoms with Crippen LogP contribution in [0.15, 0.2) is 24.3 Å². The molecule has 0 spiro atoms. The van der Waals surface area contributed by atoms with Gasteiger partial charge in [-0.1, -0.05) is 12.1 Å². The van der Waals surface area contributed by atoms with Crippen molar-refractivity contribution in [2.45, 2.75) is 25.7 Å². The second kappa shape index (κ2) is 5.17. The predicted octanol–water partition coefficient (Wildman–Crippen LogP) is 2.76. The van der Waals surface area contributed by atoms with Gasteiger partial charge in [0.25, 0.3) is 0 Å². The molecule has 0 unspecified atom stereocenters. The van der Waals surface area contributed by atoms with E-state index in [0.717, 1.165) is 38.0 Å². The van der Waals surface area contributed by atoms with Crippen molar-refractivity contribution >= 4 is 5.57 Å². The molecule has 1 aliphatic rings. The first-order valence-corrected chi connectivity index (χ1v) is 5.91. The number of benzene rings is 1. The second-order valence-corrected chi connectivity index (χ2v) is 4.18. The molecule has 1 aromatic carbocycles. The zero-order valence-corrected chi connectivity index (χ0v) is 9.83. The van der Waals surface area contributed by atoms with Crippen molar-refractivity contribution < 1.29 is 4.74 Å². The highest BCUT2D eigenvalue weighted by Crippen LogP contribution is 2.32. The van der Waals surface area contributed by atoms with Gasteiger partial charge in [-0.05, 0) is 61.1 Å². The first kappa shape index (κ1) is 11.2. The van der Waals surface area contributed by atoms with Gasteiger partial charge in [0.1, 0.15) is 5.75 Å². The molecule has 86 valence electrons. The molecule has 1 aliphatic carbocycles. The Hall–Kier alpha value is -1.28. The van der Waals surface area contributed by atoms with E-state index in [-0.39, 0.29) is 0 Å². The highest BCUT2D eigenvalue weighted by Gasteiger charge is 2.12. The zero-order chi connectivity index (χ0) is 11.4. The summed E-state index contributed by atoms with van der Waals surface area (Å²) in [5, 5.41) is 0. The lowest BCUT2D eigenvalue weighted by atomic mass is 9.88. The van der Waals surface area contributed by atoms with Crippen molar-refractivity contribution in [3.63, 3.8) is 0 Å². The number of fused-ring (bicyclic) bond motifs is 1. The van der Waals surface area contributed by atoms with E-state index in [2.05, 4.69) is 18.2 Å². The van der Waals surface area contributed by atoms with Crippen LogP contribution in [0.2, 0.25) is 0 Å². The second-order valence-electron chi connectivity index (χ2n) is 4.18. The van der Waals surface area contributed by atoms with Gasteiger partial charge in [0.05, 0.1) is 7.11 Å². The molecule has 2 rings (SSSR count). The summed E-state index contributed by atoms with van der Waals surface area (Å²) in [6.45, 7) is 0.761. The highest BCUT2D eigenvalue weighted by atomic mass is 16.5. The van der Waals surface area contributed by atoms with Gasteiger partial charge in [-0.3, -0.25) is 0 Å². The predicted molar refractivity (Wildman–Crippen MR) is 67.6 cm³/mol. The van der Waals surface area contributed by atoms with Gasteiger partial charge in [-0.2, -0.15) is 0 Å². The van der Waals surface area contributed by atoms with E-state index < -0.39 is 0 Å². The Labute approximate surface area is 97.1 Å². The molecule has 1 aromatic rings. The maximum Gasteiger partial charge on any atom is 0.119 e. The summed E-state index contributed by atoms with van der Waals surface area (Å²) < 4.78 is 5.28. The highest BCUT2D eigenvalue weighted by molar-refractivity contribution is 5.71. The summed E-state index contributed by atoms with van der Waals surface area (Å²) in [5.41, 5.74) is 9.81. The van der Waals surface area contributed by atoms with E-state index in [9.17, 15) is 0 Å². The third-order valence-corrected chi connectivity index (χ3v) is 3.12. The molecule has 16 heavy (non-hydrogen) atoms. The van der Waals surface area contributed by atoms with Crippen molar-refractivity contribution in [2.24, 2.45) is 5.73 Å². The number of aryl methyl sites for hydroxylation is 1. The summed E-state index contributed by atoms with van der Waals surface area (Å²) in [6.07, 6.45) is 6.78. The van der Waals surface area contributed by atoms with E-state index in [4.69, 9.17) is 10.5 Å². The molecule has 0 fully saturated rings. The smallest absolute Gasteiger partial charge is 0.119 e. The summed E-state index contributed by atoms with van der Waals surface area (Å²) >= 11 is 0. The van der Waals surface area contributed by atoms with E-state index in [1.165, 1.54) is 16.7 Å². The number of hydrogen-bond donors (Lipinski definition) is 1. The maximum atomic E-state index is 5.57. The summed E-state index contributed by atoms with van der Waals surface area (Å²) in [4.78, 5) is 0. The average molecular weight is 217 g/mol. The monoisotopic (exact) mass is 217 g/mol. The maximum absolute atomic E-state index is 5.57. The van der Waals surface area contributed by atoms with Gasteiger partial charge >= 0.3 is 0 Å². The van der Waals surface area contributed by atoms with Crippen LogP contribution in [-0.4, -0.2) is 13.7 Å². The molecule has 2 nitrogen and oxygen atoms in total. The number of ether oxygens (including phenoxy) is 1. The third kappa shape index (κ3) is 2.27. The van der Waals surface area contributed by atoms with Crippen LogP contribution in [0.1, 0.15) is 30.4 Å². The van der Waals surface area contributed by atoms with Crippen molar-refractivity contribution in [3.8, 4) is 5.75 Å². The van der Waals surface area contributed by atoms with Crippen LogP contribution in [0.25, 0.3) is 5.57 Å². The Balaban J connectivity index is 2.27. The fourth-order valence-electron chi connectivity index (χ4n) is 2.24. The van der Waals surface area contributed by atoms with Gasteiger partial charge in [-0.15, -0.1) is 0 Å². The normalized spacial score (nSPS) is 14.2. The summed E-state index contributed by atoms with van der Waals surface area (Å²) in [5.74, 6) is 0.944. The van der Waals surface area contributed by atoms with Gasteiger partial charge < -0.3 is 10.5 Å². The largest absolute Gasteiger partial charge is 0.497 e. The first-order chi connectivity index (χ1) is 7.85. The summed E-state index contributed by atoms with van der Waals surface area (Å²) in [7, 11) is 1.72. The van der Waals surface area contributed by atoms with Crippen LogP contribution in [0.4, 0.5) is 0 Å². The summed E-state index contributed by atoms with van der Waals surface area (Å²) in [6, 6.07) is 6.38. The number of rotatable bonds is 4. The number of methoxy groups -OCH3 is 1. The lowest BCUT2D eigenvalue weighted by Crippen LogP contribution is -2.03. The zero-order valence-electron chi connectivity index (χ0n) is 9.83. The Kier molecular flexibility index (Phi) is 3.62. The molecule has 0 saturated heterocycles. The minimum Gasteiger partial charge on any atom is -0.497 e. The van der Waals surface area contributed by atoms with E-state index in [1.54, 1.807) is 7.11 Å². The van der Waals surface area contributed by atoms with Crippen molar-refractivity contribution in [2.75, 3.05) is 13.7 Å². The van der Waals surface area contributed by atoms with Crippen molar-refractivity contribution in [1.82, 2.24) is 0 Å². The lowest BCUT2D eigenvalue weighted by Gasteiger charge is -2.18. The Morgan fingerprint density at radius 3 is 3.00 bits per heavy atom. The molecular weight excluding hydrogens is 198 g/mol. The molecule has 0 amide bonds. The number of allylic oxidation sites excluding steroid dienone is 2. The topological polar surface area (TPSA) is 35.2 Å². The fraction of sp³-hybridized carbons (Fsp3) is 0.429. The van der Waals surface area contributed by atoms with Gasteiger partial charge in [0.2, 0.25) is 0 Å². The van der Waals surface area contributed by atoms with E-state index >= 15 is 0 Å². The minimum atomic E-state index is 0.761. The van der Waals surface area contributed by atoms with Gasteiger partial charge in [-0.25, -0.2) is 0 Å². The van der Waals surface area contributed by atoms with Crippen molar-refractivity contribution in [1.29, 1.82) is 0 Å². The molecular formula is C14H19NO. The molecule has 0 radical (unpaired) electrons. The Morgan fingerprint density at radius 2 is 2.25 bits per heavy atom.